The van der Waals surface area contributed by atoms with Gasteiger partial charge < -0.3 is 0 Å². The van der Waals surface area contributed by atoms with E-state index in [0.717, 1.165) is 29.2 Å². The summed E-state index contributed by atoms with van der Waals surface area (Å²) < 4.78 is 16.2. The molecule has 0 saturated carbocycles. The summed E-state index contributed by atoms with van der Waals surface area (Å²) in [5.74, 6) is 0.643. The molecule has 0 amide bonds. The van der Waals surface area contributed by atoms with Crippen molar-refractivity contribution in [2.24, 2.45) is 29.9 Å². The summed E-state index contributed by atoms with van der Waals surface area (Å²) in [6.45, 7) is 11.4. The predicted octanol–water partition coefficient (Wildman–Crippen LogP) is 3.38. The molecule has 1 aliphatic heterocycles. The van der Waals surface area contributed by atoms with E-state index < -0.39 is 5.41 Å². The van der Waals surface area contributed by atoms with E-state index >= 15 is 0 Å². The maximum absolute atomic E-state index is 14.4. The van der Waals surface area contributed by atoms with Gasteiger partial charge in [-0.3, -0.25) is 9.69 Å². The molecule has 4 atom stereocenters. The summed E-state index contributed by atoms with van der Waals surface area (Å²) in [6, 6.07) is 0. The molecule has 1 aromatic rings. The fourth-order valence-corrected chi connectivity index (χ4v) is 5.15. The van der Waals surface area contributed by atoms with E-state index in [0.29, 0.717) is 11.8 Å². The van der Waals surface area contributed by atoms with Gasteiger partial charge in [-0.2, -0.15) is 5.10 Å². The Morgan fingerprint density at radius 2 is 1.96 bits per heavy atom. The molecule has 136 valence electrons. The SMILES string of the molecule is CC1=CC(F)=CC(C)(c2c(C)nnn2C)C1C(C)C1CN(C)N=C1C. The van der Waals surface area contributed by atoms with Crippen LogP contribution < -0.4 is 0 Å². The average Bonchev–Trinajstić information content (AvgIpc) is 2.99. The van der Waals surface area contributed by atoms with Crippen molar-refractivity contribution in [2.75, 3.05) is 13.6 Å². The van der Waals surface area contributed by atoms with Crippen molar-refractivity contribution in [3.8, 4) is 0 Å². The van der Waals surface area contributed by atoms with Crippen LogP contribution in [0.1, 0.15) is 39.1 Å². The number of halogens is 1. The molecule has 6 heteroatoms. The molecule has 25 heavy (non-hydrogen) atoms. The molecular formula is C19H28FN5. The van der Waals surface area contributed by atoms with Gasteiger partial charge in [-0.1, -0.05) is 17.7 Å². The van der Waals surface area contributed by atoms with Crippen LogP contribution in [0.5, 0.6) is 0 Å². The first kappa shape index (κ1) is 17.8. The van der Waals surface area contributed by atoms with E-state index in [2.05, 4.69) is 36.2 Å². The normalized spacial score (nSPS) is 30.9. The van der Waals surface area contributed by atoms with Gasteiger partial charge in [0.15, 0.2) is 0 Å². The first-order valence-electron chi connectivity index (χ1n) is 8.84. The number of hydrazone groups is 1. The Morgan fingerprint density at radius 1 is 1.28 bits per heavy atom. The molecule has 0 spiro atoms. The minimum Gasteiger partial charge on any atom is -0.299 e. The van der Waals surface area contributed by atoms with Crippen molar-refractivity contribution in [1.29, 1.82) is 0 Å². The Hall–Kier alpha value is -1.98. The zero-order valence-electron chi connectivity index (χ0n) is 16.2. The van der Waals surface area contributed by atoms with E-state index in [1.165, 1.54) is 0 Å². The third-order valence-corrected chi connectivity index (χ3v) is 5.93. The monoisotopic (exact) mass is 345 g/mol. The van der Waals surface area contributed by atoms with Crippen molar-refractivity contribution >= 4 is 5.71 Å². The van der Waals surface area contributed by atoms with Crippen molar-refractivity contribution in [3.05, 3.63) is 34.9 Å². The van der Waals surface area contributed by atoms with Crippen LogP contribution in [0.25, 0.3) is 0 Å². The second-order valence-corrected chi connectivity index (χ2v) is 7.87. The van der Waals surface area contributed by atoms with Crippen LogP contribution in [-0.2, 0) is 12.5 Å². The van der Waals surface area contributed by atoms with Crippen LogP contribution in [-0.4, -0.2) is 39.3 Å². The molecule has 4 unspecified atom stereocenters. The minimum atomic E-state index is -0.494. The lowest BCUT2D eigenvalue weighted by Crippen LogP contribution is -2.43. The van der Waals surface area contributed by atoms with Gasteiger partial charge in [0.25, 0.3) is 0 Å². The highest BCUT2D eigenvalue weighted by Gasteiger charge is 2.47. The Labute approximate surface area is 149 Å². The zero-order chi connectivity index (χ0) is 18.5. The maximum atomic E-state index is 14.4. The Balaban J connectivity index is 2.09. The van der Waals surface area contributed by atoms with Gasteiger partial charge in [0.05, 0.1) is 11.4 Å². The van der Waals surface area contributed by atoms with E-state index in [1.807, 2.05) is 33.0 Å². The second kappa shape index (κ2) is 6.07. The van der Waals surface area contributed by atoms with Crippen molar-refractivity contribution in [2.45, 2.75) is 40.0 Å². The van der Waals surface area contributed by atoms with E-state index in [1.54, 1.807) is 16.8 Å². The summed E-state index contributed by atoms with van der Waals surface area (Å²) in [5.41, 5.74) is 3.56. The number of allylic oxidation sites excluding steroid dienone is 4. The van der Waals surface area contributed by atoms with Crippen LogP contribution in [0.2, 0.25) is 0 Å². The largest absolute Gasteiger partial charge is 0.299 e. The summed E-state index contributed by atoms with van der Waals surface area (Å²) in [6.07, 6.45) is 3.42. The standard InChI is InChI=1S/C19H28FN5/c1-11-8-15(20)9-19(5,18-14(4)21-23-25(18)7)17(11)12(2)16-10-24(6)22-13(16)3/h8-9,12,16-17H,10H2,1-7H3. The number of aryl methyl sites for hydroxylation is 2. The van der Waals surface area contributed by atoms with Crippen LogP contribution in [0.3, 0.4) is 0 Å². The molecule has 1 aliphatic carbocycles. The number of nitrogens with zero attached hydrogens (tertiary/aromatic N) is 5. The molecule has 0 radical (unpaired) electrons. The lowest BCUT2D eigenvalue weighted by Gasteiger charge is -2.43. The second-order valence-electron chi connectivity index (χ2n) is 7.87. The quantitative estimate of drug-likeness (QED) is 0.844. The summed E-state index contributed by atoms with van der Waals surface area (Å²) in [7, 11) is 3.89. The Bertz CT molecular complexity index is 755. The third-order valence-electron chi connectivity index (χ3n) is 5.93. The average molecular weight is 345 g/mol. The maximum Gasteiger partial charge on any atom is 0.120 e. The number of hydrogen-bond donors (Lipinski definition) is 0. The van der Waals surface area contributed by atoms with E-state index in [9.17, 15) is 4.39 Å². The molecule has 0 N–H and O–H groups in total. The van der Waals surface area contributed by atoms with Crippen molar-refractivity contribution < 1.29 is 4.39 Å². The first-order chi connectivity index (χ1) is 11.6. The Morgan fingerprint density at radius 3 is 2.48 bits per heavy atom. The van der Waals surface area contributed by atoms with Gasteiger partial charge in [-0.25, -0.2) is 4.39 Å². The fourth-order valence-electron chi connectivity index (χ4n) is 5.15. The highest BCUT2D eigenvalue weighted by atomic mass is 19.1. The van der Waals surface area contributed by atoms with Crippen molar-refractivity contribution in [1.82, 2.24) is 20.0 Å². The van der Waals surface area contributed by atoms with Gasteiger partial charge in [0.1, 0.15) is 5.83 Å². The van der Waals surface area contributed by atoms with Gasteiger partial charge in [0.2, 0.25) is 0 Å². The minimum absolute atomic E-state index is 0.157. The van der Waals surface area contributed by atoms with E-state index in [4.69, 9.17) is 0 Å². The summed E-state index contributed by atoms with van der Waals surface area (Å²) >= 11 is 0. The van der Waals surface area contributed by atoms with Gasteiger partial charge in [-0.15, -0.1) is 5.10 Å². The van der Waals surface area contributed by atoms with Crippen LogP contribution in [0.4, 0.5) is 4.39 Å². The van der Waals surface area contributed by atoms with Crippen LogP contribution in [0, 0.1) is 24.7 Å². The van der Waals surface area contributed by atoms with E-state index in [-0.39, 0.29) is 11.7 Å². The Kier molecular flexibility index (Phi) is 4.33. The number of hydrogen-bond acceptors (Lipinski definition) is 4. The van der Waals surface area contributed by atoms with Gasteiger partial charge >= 0.3 is 0 Å². The number of rotatable bonds is 3. The summed E-state index contributed by atoms with van der Waals surface area (Å²) in [5, 5.41) is 15.0. The third kappa shape index (κ3) is 2.81. The zero-order valence-corrected chi connectivity index (χ0v) is 16.2. The molecule has 0 fully saturated rings. The lowest BCUT2D eigenvalue weighted by molar-refractivity contribution is 0.217. The topological polar surface area (TPSA) is 46.3 Å². The lowest BCUT2D eigenvalue weighted by atomic mass is 9.60. The molecular weight excluding hydrogens is 317 g/mol. The predicted molar refractivity (Wildman–Crippen MR) is 97.9 cm³/mol. The van der Waals surface area contributed by atoms with Crippen LogP contribution in [0.15, 0.2) is 28.7 Å². The summed E-state index contributed by atoms with van der Waals surface area (Å²) in [4.78, 5) is 0. The smallest absolute Gasteiger partial charge is 0.120 e. The molecule has 3 rings (SSSR count). The molecule has 0 aromatic carbocycles. The highest BCUT2D eigenvalue weighted by Crippen LogP contribution is 2.49. The fraction of sp³-hybridized carbons (Fsp3) is 0.632. The first-order valence-corrected chi connectivity index (χ1v) is 8.84. The van der Waals surface area contributed by atoms with Gasteiger partial charge in [0, 0.05) is 37.7 Å². The molecule has 2 heterocycles. The molecule has 5 nitrogen and oxygen atoms in total. The van der Waals surface area contributed by atoms with Gasteiger partial charge in [-0.05, 0) is 51.7 Å². The molecule has 1 aromatic heterocycles. The number of aromatic nitrogens is 3. The highest BCUT2D eigenvalue weighted by molar-refractivity contribution is 5.86. The molecule has 2 aliphatic rings. The van der Waals surface area contributed by atoms with Crippen molar-refractivity contribution in [3.63, 3.8) is 0 Å². The molecule has 0 bridgehead atoms. The molecule has 0 saturated heterocycles. The van der Waals surface area contributed by atoms with Crippen LogP contribution >= 0.6 is 0 Å².